The predicted octanol–water partition coefficient (Wildman–Crippen LogP) is 3.73. The summed E-state index contributed by atoms with van der Waals surface area (Å²) in [5.74, 6) is 0.125. The molecule has 0 aromatic heterocycles. The Hall–Kier alpha value is -4.13. The normalized spacial score (nSPS) is 19.9. The summed E-state index contributed by atoms with van der Waals surface area (Å²) in [5, 5.41) is 0. The number of benzene rings is 3. The maximum Gasteiger partial charge on any atom is 0.240 e. The molecule has 0 unspecified atom stereocenters. The standard InChI is InChI=1S/C30H31N3O4/c1-31-27(34)20-30(29(31)36,24-13-11-23(12-14-24)22-7-4-3-5-8-22)21-28(35)33-17-15-32(16-18-33)25-9-6-10-26(19-25)37-2/h3-14,19H,15-18,20-21H2,1-2H3/t30-/m0/s1. The van der Waals surface area contributed by atoms with Gasteiger partial charge in [0.1, 0.15) is 5.75 Å². The van der Waals surface area contributed by atoms with Crippen LogP contribution in [0.25, 0.3) is 11.1 Å². The lowest BCUT2D eigenvalue weighted by atomic mass is 9.75. The first-order chi connectivity index (χ1) is 17.9. The van der Waals surface area contributed by atoms with Crippen LogP contribution in [0.2, 0.25) is 0 Å². The number of nitrogens with zero attached hydrogens (tertiary/aromatic N) is 3. The number of anilines is 1. The van der Waals surface area contributed by atoms with Crippen LogP contribution < -0.4 is 9.64 Å². The highest BCUT2D eigenvalue weighted by molar-refractivity contribution is 6.10. The largest absolute Gasteiger partial charge is 0.497 e. The average molecular weight is 498 g/mol. The highest BCUT2D eigenvalue weighted by Gasteiger charge is 2.53. The van der Waals surface area contributed by atoms with Gasteiger partial charge in [0.05, 0.1) is 12.5 Å². The minimum atomic E-state index is -1.18. The molecule has 0 N–H and O–H groups in total. The van der Waals surface area contributed by atoms with Crippen molar-refractivity contribution in [3.63, 3.8) is 0 Å². The van der Waals surface area contributed by atoms with Crippen molar-refractivity contribution in [1.29, 1.82) is 0 Å². The maximum atomic E-state index is 13.5. The zero-order valence-electron chi connectivity index (χ0n) is 21.2. The van der Waals surface area contributed by atoms with Gasteiger partial charge >= 0.3 is 0 Å². The molecule has 0 radical (unpaired) electrons. The van der Waals surface area contributed by atoms with Crippen molar-refractivity contribution in [2.75, 3.05) is 45.2 Å². The SMILES string of the molecule is COc1cccc(N2CCN(C(=O)C[C@]3(c4ccc(-c5ccccc5)cc4)CC(=O)N(C)C3=O)CC2)c1. The van der Waals surface area contributed by atoms with E-state index < -0.39 is 5.41 Å². The molecule has 3 aromatic rings. The van der Waals surface area contributed by atoms with E-state index in [1.54, 1.807) is 7.11 Å². The van der Waals surface area contributed by atoms with Gasteiger partial charge in [-0.1, -0.05) is 60.7 Å². The van der Waals surface area contributed by atoms with Gasteiger partial charge in [0.25, 0.3) is 0 Å². The topological polar surface area (TPSA) is 70.2 Å². The molecule has 2 heterocycles. The Bertz CT molecular complexity index is 1300. The third kappa shape index (κ3) is 4.69. The van der Waals surface area contributed by atoms with Crippen LogP contribution in [-0.4, -0.2) is 67.9 Å². The molecule has 2 aliphatic rings. The Balaban J connectivity index is 1.34. The van der Waals surface area contributed by atoms with Crippen LogP contribution in [0.1, 0.15) is 18.4 Å². The molecule has 7 nitrogen and oxygen atoms in total. The summed E-state index contributed by atoms with van der Waals surface area (Å²) >= 11 is 0. The van der Waals surface area contributed by atoms with E-state index in [2.05, 4.69) is 4.90 Å². The number of hydrogen-bond donors (Lipinski definition) is 0. The quantitative estimate of drug-likeness (QED) is 0.486. The molecular formula is C30H31N3O4. The highest BCUT2D eigenvalue weighted by atomic mass is 16.5. The minimum absolute atomic E-state index is 0.00251. The van der Waals surface area contributed by atoms with Gasteiger partial charge in [-0.3, -0.25) is 19.3 Å². The van der Waals surface area contributed by atoms with Crippen LogP contribution in [0.5, 0.6) is 5.75 Å². The van der Waals surface area contributed by atoms with Crippen LogP contribution in [0, 0.1) is 0 Å². The Kier molecular flexibility index (Phi) is 6.70. The number of carbonyl (C=O) groups is 3. The van der Waals surface area contributed by atoms with E-state index in [9.17, 15) is 14.4 Å². The fourth-order valence-corrected chi connectivity index (χ4v) is 5.36. The van der Waals surface area contributed by atoms with E-state index in [1.807, 2.05) is 83.8 Å². The van der Waals surface area contributed by atoms with E-state index in [1.165, 1.54) is 11.9 Å². The molecule has 0 saturated carbocycles. The number of imide groups is 1. The first-order valence-corrected chi connectivity index (χ1v) is 12.5. The van der Waals surface area contributed by atoms with Gasteiger partial charge < -0.3 is 14.5 Å². The molecule has 3 aromatic carbocycles. The molecule has 0 spiro atoms. The highest BCUT2D eigenvalue weighted by Crippen LogP contribution is 2.40. The zero-order chi connectivity index (χ0) is 26.0. The fourth-order valence-electron chi connectivity index (χ4n) is 5.36. The Morgan fingerprint density at radius 3 is 2.16 bits per heavy atom. The van der Waals surface area contributed by atoms with Crippen LogP contribution >= 0.6 is 0 Å². The first kappa shape index (κ1) is 24.6. The monoisotopic (exact) mass is 497 g/mol. The number of piperazine rings is 1. The molecule has 37 heavy (non-hydrogen) atoms. The van der Waals surface area contributed by atoms with Gasteiger partial charge in [-0.15, -0.1) is 0 Å². The molecule has 0 aliphatic carbocycles. The lowest BCUT2D eigenvalue weighted by molar-refractivity contribution is -0.141. The number of carbonyl (C=O) groups excluding carboxylic acids is 3. The van der Waals surface area contributed by atoms with Crippen LogP contribution in [0.15, 0.2) is 78.9 Å². The Morgan fingerprint density at radius 1 is 0.865 bits per heavy atom. The maximum absolute atomic E-state index is 13.5. The van der Waals surface area contributed by atoms with Crippen molar-refractivity contribution in [1.82, 2.24) is 9.80 Å². The second-order valence-corrected chi connectivity index (χ2v) is 9.71. The van der Waals surface area contributed by atoms with Gasteiger partial charge in [0.15, 0.2) is 0 Å². The van der Waals surface area contributed by atoms with Gasteiger partial charge in [-0.2, -0.15) is 0 Å². The summed E-state index contributed by atoms with van der Waals surface area (Å²) in [7, 11) is 3.15. The summed E-state index contributed by atoms with van der Waals surface area (Å²) < 4.78 is 5.34. The van der Waals surface area contributed by atoms with Crippen LogP contribution in [0.3, 0.4) is 0 Å². The summed E-state index contributed by atoms with van der Waals surface area (Å²) in [4.78, 5) is 44.8. The van der Waals surface area contributed by atoms with Crippen molar-refractivity contribution in [2.24, 2.45) is 0 Å². The number of ether oxygens (including phenoxy) is 1. The van der Waals surface area contributed by atoms with Gasteiger partial charge in [-0.25, -0.2) is 0 Å². The molecule has 2 aliphatic heterocycles. The molecule has 5 rings (SSSR count). The molecule has 3 amide bonds. The van der Waals surface area contributed by atoms with Crippen LogP contribution in [0.4, 0.5) is 5.69 Å². The van der Waals surface area contributed by atoms with Gasteiger partial charge in [0, 0.05) is 57.8 Å². The molecule has 2 fully saturated rings. The lowest BCUT2D eigenvalue weighted by Crippen LogP contribution is -2.51. The molecule has 2 saturated heterocycles. The number of rotatable bonds is 6. The van der Waals surface area contributed by atoms with Crippen molar-refractivity contribution >= 4 is 23.4 Å². The smallest absolute Gasteiger partial charge is 0.240 e. The zero-order valence-corrected chi connectivity index (χ0v) is 21.2. The van der Waals surface area contributed by atoms with Crippen molar-refractivity contribution in [3.8, 4) is 16.9 Å². The predicted molar refractivity (Wildman–Crippen MR) is 142 cm³/mol. The van der Waals surface area contributed by atoms with Gasteiger partial charge in [-0.05, 0) is 28.8 Å². The Morgan fingerprint density at radius 2 is 1.54 bits per heavy atom. The molecule has 7 heteroatoms. The first-order valence-electron chi connectivity index (χ1n) is 12.5. The number of hydrogen-bond acceptors (Lipinski definition) is 5. The second kappa shape index (κ2) is 10.1. The third-order valence-electron chi connectivity index (χ3n) is 7.59. The number of amides is 3. The van der Waals surface area contributed by atoms with Crippen molar-refractivity contribution < 1.29 is 19.1 Å². The molecule has 1 atom stereocenters. The number of methoxy groups -OCH3 is 1. The molecular weight excluding hydrogens is 466 g/mol. The second-order valence-electron chi connectivity index (χ2n) is 9.71. The summed E-state index contributed by atoms with van der Waals surface area (Å²) in [6.07, 6.45) is -0.0196. The van der Waals surface area contributed by atoms with Crippen molar-refractivity contribution in [2.45, 2.75) is 18.3 Å². The van der Waals surface area contributed by atoms with E-state index in [0.29, 0.717) is 31.7 Å². The molecule has 190 valence electrons. The summed E-state index contributed by atoms with van der Waals surface area (Å²) in [6.45, 7) is 2.48. The Labute approximate surface area is 217 Å². The molecule has 0 bridgehead atoms. The van der Waals surface area contributed by atoms with Gasteiger partial charge in [0.2, 0.25) is 17.7 Å². The minimum Gasteiger partial charge on any atom is -0.497 e. The number of likely N-dealkylation sites (tertiary alicyclic amines) is 1. The fraction of sp³-hybridized carbons (Fsp3) is 0.300. The van der Waals surface area contributed by atoms with E-state index >= 15 is 0 Å². The average Bonchev–Trinajstić information content (AvgIpc) is 3.17. The number of likely N-dealkylation sites (N-methyl/N-ethyl adjacent to an activating group) is 1. The summed E-state index contributed by atoms with van der Waals surface area (Å²) in [5.41, 5.74) is 2.67. The van der Waals surface area contributed by atoms with E-state index in [0.717, 1.165) is 22.6 Å². The van der Waals surface area contributed by atoms with E-state index in [-0.39, 0.29) is 30.6 Å². The van der Waals surface area contributed by atoms with E-state index in [4.69, 9.17) is 4.74 Å². The van der Waals surface area contributed by atoms with Crippen molar-refractivity contribution in [3.05, 3.63) is 84.4 Å². The third-order valence-corrected chi connectivity index (χ3v) is 7.59. The van der Waals surface area contributed by atoms with Crippen LogP contribution in [-0.2, 0) is 19.8 Å². The lowest BCUT2D eigenvalue weighted by Gasteiger charge is -2.37. The summed E-state index contributed by atoms with van der Waals surface area (Å²) in [6, 6.07) is 25.6.